The highest BCUT2D eigenvalue weighted by Gasteiger charge is 2.18. The molecule has 21 heavy (non-hydrogen) atoms. The van der Waals surface area contributed by atoms with E-state index in [-0.39, 0.29) is 5.78 Å². The van der Waals surface area contributed by atoms with Crippen molar-refractivity contribution in [2.45, 2.75) is 26.1 Å². The number of rotatable bonds is 7. The Balaban J connectivity index is 1.97. The van der Waals surface area contributed by atoms with Gasteiger partial charge in [0.2, 0.25) is 0 Å². The second-order valence-electron chi connectivity index (χ2n) is 4.79. The van der Waals surface area contributed by atoms with Gasteiger partial charge in [-0.3, -0.25) is 4.79 Å². The number of hydrogen-bond donors (Lipinski definition) is 0. The molecule has 0 saturated heterocycles. The third kappa shape index (κ3) is 4.17. The summed E-state index contributed by atoms with van der Waals surface area (Å²) in [6, 6.07) is 16.9. The van der Waals surface area contributed by atoms with Crippen LogP contribution in [0.4, 0.5) is 0 Å². The van der Waals surface area contributed by atoms with Gasteiger partial charge in [0.05, 0.1) is 13.7 Å². The lowest BCUT2D eigenvalue weighted by Gasteiger charge is -2.15. The van der Waals surface area contributed by atoms with E-state index in [2.05, 4.69) is 0 Å². The van der Waals surface area contributed by atoms with Gasteiger partial charge in [0.15, 0.2) is 5.78 Å². The van der Waals surface area contributed by atoms with E-state index in [4.69, 9.17) is 9.47 Å². The minimum absolute atomic E-state index is 0.0339. The van der Waals surface area contributed by atoms with Crippen LogP contribution >= 0.6 is 0 Å². The van der Waals surface area contributed by atoms with Gasteiger partial charge in [0.25, 0.3) is 0 Å². The minimum atomic E-state index is -0.408. The summed E-state index contributed by atoms with van der Waals surface area (Å²) in [4.78, 5) is 12.4. The number of ketones is 1. The third-order valence-electron chi connectivity index (χ3n) is 3.33. The topological polar surface area (TPSA) is 35.5 Å². The van der Waals surface area contributed by atoms with Crippen molar-refractivity contribution in [1.82, 2.24) is 0 Å². The zero-order chi connectivity index (χ0) is 15.1. The van der Waals surface area contributed by atoms with Crippen LogP contribution in [0.3, 0.4) is 0 Å². The molecule has 1 atom stereocenters. The first-order valence-corrected chi connectivity index (χ1v) is 7.08. The molecule has 0 amide bonds. The largest absolute Gasteiger partial charge is 0.497 e. The Hall–Kier alpha value is -2.13. The van der Waals surface area contributed by atoms with Crippen molar-refractivity contribution >= 4 is 5.78 Å². The van der Waals surface area contributed by atoms with Crippen LogP contribution in [-0.4, -0.2) is 19.0 Å². The molecular weight excluding hydrogens is 264 g/mol. The van der Waals surface area contributed by atoms with Crippen LogP contribution in [0, 0.1) is 0 Å². The van der Waals surface area contributed by atoms with Crippen molar-refractivity contribution in [3.8, 4) is 5.75 Å². The van der Waals surface area contributed by atoms with Gasteiger partial charge in [-0.05, 0) is 24.1 Å². The highest BCUT2D eigenvalue weighted by molar-refractivity contribution is 5.99. The van der Waals surface area contributed by atoms with Crippen molar-refractivity contribution in [3.05, 3.63) is 65.7 Å². The van der Waals surface area contributed by atoms with Gasteiger partial charge in [-0.1, -0.05) is 49.4 Å². The first-order valence-electron chi connectivity index (χ1n) is 7.08. The number of carbonyl (C=O) groups is 1. The van der Waals surface area contributed by atoms with Gasteiger partial charge in [-0.2, -0.15) is 0 Å². The van der Waals surface area contributed by atoms with E-state index in [1.807, 2.05) is 61.5 Å². The fourth-order valence-corrected chi connectivity index (χ4v) is 2.09. The molecule has 0 N–H and O–H groups in total. The quantitative estimate of drug-likeness (QED) is 0.724. The molecule has 0 spiro atoms. The normalized spacial score (nSPS) is 11.9. The van der Waals surface area contributed by atoms with E-state index in [1.165, 1.54) is 0 Å². The summed E-state index contributed by atoms with van der Waals surface area (Å²) in [5, 5.41) is 0. The van der Waals surface area contributed by atoms with Crippen LogP contribution in [0.1, 0.15) is 29.3 Å². The molecule has 0 bridgehead atoms. The number of ether oxygens (including phenoxy) is 2. The molecule has 0 aliphatic heterocycles. The molecule has 2 aromatic rings. The summed E-state index contributed by atoms with van der Waals surface area (Å²) in [6.07, 6.45) is 0.249. The summed E-state index contributed by atoms with van der Waals surface area (Å²) in [6.45, 7) is 2.38. The first kappa shape index (κ1) is 15.3. The van der Waals surface area contributed by atoms with Crippen molar-refractivity contribution in [2.75, 3.05) is 7.11 Å². The van der Waals surface area contributed by atoms with Gasteiger partial charge in [-0.15, -0.1) is 0 Å². The summed E-state index contributed by atoms with van der Waals surface area (Å²) < 4.78 is 10.9. The van der Waals surface area contributed by atoms with Crippen molar-refractivity contribution < 1.29 is 14.3 Å². The Labute approximate surface area is 125 Å². The lowest BCUT2D eigenvalue weighted by Crippen LogP contribution is -2.23. The molecule has 3 heteroatoms. The maximum absolute atomic E-state index is 12.4. The molecule has 0 aliphatic carbocycles. The fourth-order valence-electron chi connectivity index (χ4n) is 2.09. The summed E-state index contributed by atoms with van der Waals surface area (Å²) in [5.74, 6) is 0.845. The molecule has 0 heterocycles. The Kier molecular flexibility index (Phi) is 5.52. The molecular formula is C18H20O3. The Morgan fingerprint density at radius 2 is 1.71 bits per heavy atom. The molecule has 110 valence electrons. The molecule has 1 unspecified atom stereocenters. The summed E-state index contributed by atoms with van der Waals surface area (Å²) >= 11 is 0. The highest BCUT2D eigenvalue weighted by atomic mass is 16.5. The van der Waals surface area contributed by atoms with Crippen LogP contribution in [0.15, 0.2) is 54.6 Å². The predicted molar refractivity (Wildman–Crippen MR) is 82.6 cm³/mol. The highest BCUT2D eigenvalue weighted by Crippen LogP contribution is 2.15. The van der Waals surface area contributed by atoms with Crippen LogP contribution in [0.2, 0.25) is 0 Å². The zero-order valence-corrected chi connectivity index (χ0v) is 12.4. The van der Waals surface area contributed by atoms with Gasteiger partial charge >= 0.3 is 0 Å². The number of Topliss-reactive ketones (excluding diaryl/α,β-unsaturated/α-hetero) is 1. The molecule has 0 saturated carbocycles. The lowest BCUT2D eigenvalue weighted by atomic mass is 10.0. The van der Waals surface area contributed by atoms with E-state index < -0.39 is 6.10 Å². The average molecular weight is 284 g/mol. The number of benzene rings is 2. The fraction of sp³-hybridized carbons (Fsp3) is 0.278. The van der Waals surface area contributed by atoms with Crippen LogP contribution in [0.5, 0.6) is 5.75 Å². The number of carbonyl (C=O) groups excluding carboxylic acids is 1. The zero-order valence-electron chi connectivity index (χ0n) is 12.4. The average Bonchev–Trinajstić information content (AvgIpc) is 2.56. The SMILES string of the molecule is CCC(OCc1ccc(OC)cc1)C(=O)c1ccccc1. The Morgan fingerprint density at radius 3 is 2.29 bits per heavy atom. The van der Waals surface area contributed by atoms with Crippen molar-refractivity contribution in [1.29, 1.82) is 0 Å². The van der Waals surface area contributed by atoms with Gasteiger partial charge in [-0.25, -0.2) is 0 Å². The molecule has 3 nitrogen and oxygen atoms in total. The molecule has 2 rings (SSSR count). The van der Waals surface area contributed by atoms with Gasteiger partial charge in [0, 0.05) is 5.56 Å². The lowest BCUT2D eigenvalue weighted by molar-refractivity contribution is 0.0326. The van der Waals surface area contributed by atoms with E-state index in [0.29, 0.717) is 18.6 Å². The van der Waals surface area contributed by atoms with E-state index in [9.17, 15) is 4.79 Å². The maximum Gasteiger partial charge on any atom is 0.191 e. The monoisotopic (exact) mass is 284 g/mol. The molecule has 2 aromatic carbocycles. The summed E-state index contributed by atoms with van der Waals surface area (Å²) in [5.41, 5.74) is 1.72. The second kappa shape index (κ2) is 7.60. The molecule has 0 aromatic heterocycles. The molecule has 0 aliphatic rings. The smallest absolute Gasteiger partial charge is 0.191 e. The van der Waals surface area contributed by atoms with Gasteiger partial charge in [0.1, 0.15) is 11.9 Å². The van der Waals surface area contributed by atoms with Gasteiger partial charge < -0.3 is 9.47 Å². The standard InChI is InChI=1S/C18H20O3/c1-3-17(18(19)15-7-5-4-6-8-15)21-13-14-9-11-16(20-2)12-10-14/h4-12,17H,3,13H2,1-2H3. The van der Waals surface area contributed by atoms with E-state index >= 15 is 0 Å². The van der Waals surface area contributed by atoms with E-state index in [1.54, 1.807) is 7.11 Å². The van der Waals surface area contributed by atoms with Crippen molar-refractivity contribution in [3.63, 3.8) is 0 Å². The molecule has 0 radical (unpaired) electrons. The van der Waals surface area contributed by atoms with Crippen LogP contribution in [-0.2, 0) is 11.3 Å². The third-order valence-corrected chi connectivity index (χ3v) is 3.33. The maximum atomic E-state index is 12.4. The Bertz CT molecular complexity index is 561. The first-order chi connectivity index (χ1) is 10.2. The second-order valence-corrected chi connectivity index (χ2v) is 4.79. The van der Waals surface area contributed by atoms with Crippen LogP contribution < -0.4 is 4.74 Å². The predicted octanol–water partition coefficient (Wildman–Crippen LogP) is 3.87. The molecule has 0 fully saturated rings. The minimum Gasteiger partial charge on any atom is -0.497 e. The number of hydrogen-bond acceptors (Lipinski definition) is 3. The Morgan fingerprint density at radius 1 is 1.05 bits per heavy atom. The summed E-state index contributed by atoms with van der Waals surface area (Å²) in [7, 11) is 1.64. The number of methoxy groups -OCH3 is 1. The van der Waals surface area contributed by atoms with Crippen LogP contribution in [0.25, 0.3) is 0 Å². The van der Waals surface area contributed by atoms with Crippen molar-refractivity contribution in [2.24, 2.45) is 0 Å². The van der Waals surface area contributed by atoms with E-state index in [0.717, 1.165) is 11.3 Å².